The molecule has 0 amide bonds. The summed E-state index contributed by atoms with van der Waals surface area (Å²) in [6.45, 7) is 9.40. The Kier molecular flexibility index (Phi) is 10.4. The van der Waals surface area contributed by atoms with Gasteiger partial charge < -0.3 is 28.4 Å². The first-order valence-electron chi connectivity index (χ1n) is 16.2. The fourth-order valence-electron chi connectivity index (χ4n) is 5.80. The lowest BCUT2D eigenvalue weighted by molar-refractivity contribution is 0.122. The molecule has 0 spiro atoms. The Morgan fingerprint density at radius 2 is 1.12 bits per heavy atom. The molecule has 6 heterocycles. The van der Waals surface area contributed by atoms with Crippen LogP contribution in [0.4, 0.5) is 10.3 Å². The van der Waals surface area contributed by atoms with Gasteiger partial charge in [0.25, 0.3) is 11.1 Å². The van der Waals surface area contributed by atoms with Gasteiger partial charge in [0.15, 0.2) is 21.6 Å². The molecule has 0 aliphatic carbocycles. The zero-order valence-electron chi connectivity index (χ0n) is 27.0. The molecular formula is C34H35BrN8O4S2. The Labute approximate surface area is 298 Å². The van der Waals surface area contributed by atoms with Crippen molar-refractivity contribution in [3.63, 3.8) is 0 Å². The third-order valence-corrected chi connectivity index (χ3v) is 11.4. The van der Waals surface area contributed by atoms with E-state index in [2.05, 4.69) is 60.8 Å². The number of nitrogens with zero attached hydrogens (tertiary/aromatic N) is 8. The van der Waals surface area contributed by atoms with E-state index in [1.165, 1.54) is 33.8 Å². The van der Waals surface area contributed by atoms with Gasteiger partial charge in [0.1, 0.15) is 22.1 Å². The van der Waals surface area contributed by atoms with Gasteiger partial charge in [-0.15, -0.1) is 0 Å². The highest BCUT2D eigenvalue weighted by atomic mass is 79.9. The van der Waals surface area contributed by atoms with Crippen LogP contribution in [0.2, 0.25) is 0 Å². The molecule has 2 aliphatic rings. The molecule has 2 aliphatic heterocycles. The van der Waals surface area contributed by atoms with Crippen molar-refractivity contribution in [3.8, 4) is 0 Å². The van der Waals surface area contributed by atoms with E-state index in [4.69, 9.17) is 19.4 Å². The molecule has 49 heavy (non-hydrogen) atoms. The van der Waals surface area contributed by atoms with Gasteiger partial charge in [-0.3, -0.25) is 9.59 Å². The predicted molar refractivity (Wildman–Crippen MR) is 198 cm³/mol. The normalized spacial score (nSPS) is 15.1. The maximum absolute atomic E-state index is 12.2. The average molecular weight is 764 g/mol. The number of anilines is 2. The highest BCUT2D eigenvalue weighted by Crippen LogP contribution is 2.29. The van der Waals surface area contributed by atoms with Gasteiger partial charge in [0, 0.05) is 30.7 Å². The van der Waals surface area contributed by atoms with Crippen molar-refractivity contribution in [3.05, 3.63) is 103 Å². The second-order valence-corrected chi connectivity index (χ2v) is 14.4. The Morgan fingerprint density at radius 3 is 1.61 bits per heavy atom. The minimum atomic E-state index is -0.217. The summed E-state index contributed by atoms with van der Waals surface area (Å²) in [5, 5.41) is 1.74. The quantitative estimate of drug-likeness (QED) is 0.224. The monoisotopic (exact) mass is 762 g/mol. The van der Waals surface area contributed by atoms with Crippen LogP contribution in [-0.2, 0) is 29.0 Å². The molecule has 12 nitrogen and oxygen atoms in total. The largest absolute Gasteiger partial charge is 0.378 e. The first-order valence-corrected chi connectivity index (χ1v) is 18.6. The number of aryl methyl sites for hydroxylation is 1. The zero-order chi connectivity index (χ0) is 33.7. The van der Waals surface area contributed by atoms with E-state index in [0.717, 1.165) is 58.5 Å². The van der Waals surface area contributed by atoms with Crippen LogP contribution in [0.5, 0.6) is 0 Å². The molecule has 0 radical (unpaired) electrons. The van der Waals surface area contributed by atoms with Crippen LogP contribution in [0.25, 0.3) is 20.7 Å². The number of benzene rings is 2. The lowest BCUT2D eigenvalue weighted by atomic mass is 10.1. The molecule has 0 saturated carbocycles. The smallest absolute Gasteiger partial charge is 0.292 e. The summed E-state index contributed by atoms with van der Waals surface area (Å²) in [5.74, 6) is 0. The molecule has 2 saturated heterocycles. The van der Waals surface area contributed by atoms with E-state index in [-0.39, 0.29) is 11.1 Å². The fourth-order valence-corrected chi connectivity index (χ4v) is 8.25. The molecule has 0 bridgehead atoms. The Hall–Kier alpha value is -4.02. The number of halogens is 1. The number of rotatable bonds is 7. The fraction of sp³-hybridized carbons (Fsp3) is 0.353. The van der Waals surface area contributed by atoms with Crippen molar-refractivity contribution < 1.29 is 9.47 Å². The molecule has 0 N–H and O–H groups in total. The molecule has 4 aromatic heterocycles. The summed E-state index contributed by atoms with van der Waals surface area (Å²) >= 11 is 6.40. The van der Waals surface area contributed by atoms with Gasteiger partial charge in [-0.05, 0) is 29.2 Å². The van der Waals surface area contributed by atoms with Crippen molar-refractivity contribution in [1.29, 1.82) is 0 Å². The van der Waals surface area contributed by atoms with Gasteiger partial charge in [-0.2, -0.15) is 9.97 Å². The summed E-state index contributed by atoms with van der Waals surface area (Å²) in [6.07, 6.45) is 4.16. The zero-order valence-corrected chi connectivity index (χ0v) is 30.2. The highest BCUT2D eigenvalue weighted by molar-refractivity contribution is 9.10. The summed E-state index contributed by atoms with van der Waals surface area (Å²) in [6, 6.07) is 16.4. The van der Waals surface area contributed by atoms with Gasteiger partial charge in [-0.25, -0.2) is 9.97 Å². The van der Waals surface area contributed by atoms with E-state index >= 15 is 0 Å². The standard InChI is InChI=1S/C18H20N4O2S.C16H15BrN4O2S/c1-2-13-5-3-4-6-14(13)11-22-12-19-17(23)15-16(22)20-18(25-15)21-7-9-24-10-8-21;17-12-4-2-1-3-11(12)9-21-10-18-15(22)13-14(21)19-16(24-13)20-5-7-23-8-6-20/h3-6,12H,2,7-11H2,1H3;1-4,10H,5-9H2. The second kappa shape index (κ2) is 15.3. The number of thiazole rings is 2. The summed E-state index contributed by atoms with van der Waals surface area (Å²) in [4.78, 5) is 46.2. The van der Waals surface area contributed by atoms with Crippen molar-refractivity contribution >= 4 is 69.6 Å². The van der Waals surface area contributed by atoms with Gasteiger partial charge in [0.2, 0.25) is 0 Å². The average Bonchev–Trinajstić information content (AvgIpc) is 3.81. The van der Waals surface area contributed by atoms with Crippen molar-refractivity contribution in [2.45, 2.75) is 26.4 Å². The summed E-state index contributed by atoms with van der Waals surface area (Å²) < 4.78 is 16.9. The first-order chi connectivity index (χ1) is 24.0. The number of aromatic nitrogens is 6. The number of morpholine rings is 2. The molecule has 8 rings (SSSR count). The topological polar surface area (TPSA) is 120 Å². The molecule has 2 fully saturated rings. The second-order valence-electron chi connectivity index (χ2n) is 11.6. The van der Waals surface area contributed by atoms with E-state index < -0.39 is 0 Å². The van der Waals surface area contributed by atoms with Crippen molar-refractivity contribution in [2.75, 3.05) is 62.4 Å². The van der Waals surface area contributed by atoms with Crippen LogP contribution in [0.1, 0.15) is 23.6 Å². The highest BCUT2D eigenvalue weighted by Gasteiger charge is 2.20. The minimum absolute atomic E-state index is 0.202. The van der Waals surface area contributed by atoms with Crippen LogP contribution in [0, 0.1) is 0 Å². The molecule has 15 heteroatoms. The third-order valence-electron chi connectivity index (χ3n) is 8.46. The van der Waals surface area contributed by atoms with Gasteiger partial charge in [0.05, 0.1) is 39.5 Å². The Balaban J connectivity index is 0.000000154. The van der Waals surface area contributed by atoms with Gasteiger partial charge in [-0.1, -0.05) is 88.0 Å². The first kappa shape index (κ1) is 33.5. The number of ether oxygens (including phenoxy) is 2. The van der Waals surface area contributed by atoms with Crippen LogP contribution >= 0.6 is 38.6 Å². The van der Waals surface area contributed by atoms with Crippen LogP contribution < -0.4 is 20.9 Å². The van der Waals surface area contributed by atoms with Gasteiger partial charge >= 0.3 is 0 Å². The van der Waals surface area contributed by atoms with Crippen LogP contribution in [0.3, 0.4) is 0 Å². The molecule has 2 aromatic carbocycles. The predicted octanol–water partition coefficient (Wildman–Crippen LogP) is 4.80. The van der Waals surface area contributed by atoms with E-state index in [9.17, 15) is 9.59 Å². The van der Waals surface area contributed by atoms with E-state index in [1.54, 1.807) is 12.7 Å². The Bertz CT molecular complexity index is 2190. The SMILES string of the molecule is CCc1ccccc1Cn1cnc(=O)c2sc(N3CCOCC3)nc21.O=c1ncn(Cc2ccccc2Br)c2nc(N3CCOCC3)sc12. The number of fused-ring (bicyclic) bond motifs is 2. The molecule has 254 valence electrons. The number of hydrogen-bond donors (Lipinski definition) is 0. The van der Waals surface area contributed by atoms with E-state index in [0.29, 0.717) is 54.6 Å². The maximum atomic E-state index is 12.2. The molecular weight excluding hydrogens is 728 g/mol. The molecule has 0 unspecified atom stereocenters. The molecule has 6 aromatic rings. The lowest BCUT2D eigenvalue weighted by Crippen LogP contribution is -2.36. The van der Waals surface area contributed by atoms with Crippen LogP contribution in [-0.4, -0.2) is 81.7 Å². The van der Waals surface area contributed by atoms with Crippen LogP contribution in [0.15, 0.2) is 75.2 Å². The number of hydrogen-bond acceptors (Lipinski definition) is 12. The third kappa shape index (κ3) is 7.45. The van der Waals surface area contributed by atoms with E-state index in [1.807, 2.05) is 39.5 Å². The Morgan fingerprint density at radius 1 is 0.673 bits per heavy atom. The minimum Gasteiger partial charge on any atom is -0.378 e. The lowest BCUT2D eigenvalue weighted by Gasteiger charge is -2.25. The van der Waals surface area contributed by atoms with Crippen molar-refractivity contribution in [2.24, 2.45) is 0 Å². The molecule has 0 atom stereocenters. The summed E-state index contributed by atoms with van der Waals surface area (Å²) in [5.41, 5.74) is 4.65. The maximum Gasteiger partial charge on any atom is 0.292 e. The van der Waals surface area contributed by atoms with Crippen molar-refractivity contribution in [1.82, 2.24) is 29.1 Å². The summed E-state index contributed by atoms with van der Waals surface area (Å²) in [7, 11) is 0.